The van der Waals surface area contributed by atoms with Gasteiger partial charge in [0.15, 0.2) is 0 Å². The number of amides is 2. The minimum Gasteiger partial charge on any atom is -0.480 e. The van der Waals surface area contributed by atoms with Crippen LogP contribution in [0.2, 0.25) is 0 Å². The fraction of sp³-hybridized carbons (Fsp3) is 0.857. The van der Waals surface area contributed by atoms with E-state index >= 15 is 0 Å². The summed E-state index contributed by atoms with van der Waals surface area (Å²) in [5, 5.41) is 20.9. The van der Waals surface area contributed by atoms with Crippen molar-refractivity contribution in [3.8, 4) is 0 Å². The standard InChI is InChI=1S/C14H26N2O4/c1-3-10(2)12(13(18)19)15-14(20)16-8-5-4-6-11(16)7-9-17/h10-12,17H,3-9H2,1-2H3,(H,15,20)(H,18,19)/t10-,11?,12-/m0/s1. The Hall–Kier alpha value is -1.30. The minimum absolute atomic E-state index is 0.0140. The van der Waals surface area contributed by atoms with Gasteiger partial charge in [-0.25, -0.2) is 9.59 Å². The van der Waals surface area contributed by atoms with Crippen molar-refractivity contribution in [2.24, 2.45) is 5.92 Å². The van der Waals surface area contributed by atoms with Gasteiger partial charge < -0.3 is 20.4 Å². The molecule has 0 saturated carbocycles. The number of aliphatic hydroxyl groups excluding tert-OH is 1. The molecule has 0 aromatic heterocycles. The summed E-state index contributed by atoms with van der Waals surface area (Å²) in [5.74, 6) is -1.11. The molecule has 6 heteroatoms. The monoisotopic (exact) mass is 286 g/mol. The summed E-state index contributed by atoms with van der Waals surface area (Å²) in [5.41, 5.74) is 0. The molecule has 0 bridgehead atoms. The molecule has 1 aliphatic rings. The average molecular weight is 286 g/mol. The van der Waals surface area contributed by atoms with Gasteiger partial charge in [-0.15, -0.1) is 0 Å². The fourth-order valence-corrected chi connectivity index (χ4v) is 2.62. The van der Waals surface area contributed by atoms with Gasteiger partial charge in [0.05, 0.1) is 0 Å². The number of carboxylic acid groups (broad SMARTS) is 1. The van der Waals surface area contributed by atoms with E-state index < -0.39 is 12.0 Å². The molecule has 3 atom stereocenters. The molecule has 0 aromatic carbocycles. The predicted octanol–water partition coefficient (Wildman–Crippen LogP) is 1.43. The number of aliphatic carboxylic acids is 1. The Morgan fingerprint density at radius 1 is 1.40 bits per heavy atom. The lowest BCUT2D eigenvalue weighted by Gasteiger charge is -2.36. The third-order valence-corrected chi connectivity index (χ3v) is 4.11. The highest BCUT2D eigenvalue weighted by atomic mass is 16.4. The maximum absolute atomic E-state index is 12.3. The predicted molar refractivity (Wildman–Crippen MR) is 75.5 cm³/mol. The van der Waals surface area contributed by atoms with Crippen LogP contribution in [0.4, 0.5) is 4.79 Å². The summed E-state index contributed by atoms with van der Waals surface area (Å²) in [4.78, 5) is 25.2. The summed E-state index contributed by atoms with van der Waals surface area (Å²) in [6.07, 6.45) is 4.08. The third-order valence-electron chi connectivity index (χ3n) is 4.11. The van der Waals surface area contributed by atoms with Gasteiger partial charge in [0.2, 0.25) is 0 Å². The molecular weight excluding hydrogens is 260 g/mol. The molecule has 1 saturated heterocycles. The van der Waals surface area contributed by atoms with Gasteiger partial charge in [-0.3, -0.25) is 0 Å². The smallest absolute Gasteiger partial charge is 0.326 e. The van der Waals surface area contributed by atoms with E-state index in [2.05, 4.69) is 5.32 Å². The first-order valence-electron chi connectivity index (χ1n) is 7.42. The Kier molecular flexibility index (Phi) is 6.78. The number of hydrogen-bond acceptors (Lipinski definition) is 3. The van der Waals surface area contributed by atoms with Crippen LogP contribution in [0, 0.1) is 5.92 Å². The lowest BCUT2D eigenvalue weighted by atomic mass is 9.98. The Bertz CT molecular complexity index is 333. The number of piperidine rings is 1. The molecule has 0 aliphatic carbocycles. The number of hydrogen-bond donors (Lipinski definition) is 3. The highest BCUT2D eigenvalue weighted by Gasteiger charge is 2.31. The van der Waals surface area contributed by atoms with Crippen molar-refractivity contribution in [2.75, 3.05) is 13.2 Å². The summed E-state index contributed by atoms with van der Waals surface area (Å²) >= 11 is 0. The van der Waals surface area contributed by atoms with Crippen molar-refractivity contribution in [3.63, 3.8) is 0 Å². The minimum atomic E-state index is -0.997. The summed E-state index contributed by atoms with van der Waals surface area (Å²) < 4.78 is 0. The molecular formula is C14H26N2O4. The van der Waals surface area contributed by atoms with Crippen molar-refractivity contribution in [2.45, 2.75) is 58.0 Å². The van der Waals surface area contributed by atoms with E-state index in [4.69, 9.17) is 5.11 Å². The lowest BCUT2D eigenvalue weighted by molar-refractivity contribution is -0.140. The number of rotatable bonds is 6. The number of carboxylic acids is 1. The van der Waals surface area contributed by atoms with E-state index in [1.54, 1.807) is 4.90 Å². The van der Waals surface area contributed by atoms with E-state index in [1.165, 1.54) is 0 Å². The highest BCUT2D eigenvalue weighted by molar-refractivity contribution is 5.83. The van der Waals surface area contributed by atoms with E-state index in [0.29, 0.717) is 19.4 Å². The van der Waals surface area contributed by atoms with Crippen molar-refractivity contribution in [1.82, 2.24) is 10.2 Å². The lowest BCUT2D eigenvalue weighted by Crippen LogP contribution is -2.54. The van der Waals surface area contributed by atoms with Crippen LogP contribution in [-0.2, 0) is 4.79 Å². The topological polar surface area (TPSA) is 89.9 Å². The quantitative estimate of drug-likeness (QED) is 0.689. The third kappa shape index (κ3) is 4.37. The molecule has 1 fully saturated rings. The van der Waals surface area contributed by atoms with Crippen molar-refractivity contribution >= 4 is 12.0 Å². The average Bonchev–Trinajstić information content (AvgIpc) is 2.44. The maximum atomic E-state index is 12.3. The van der Waals surface area contributed by atoms with Gasteiger partial charge in [-0.2, -0.15) is 0 Å². The molecule has 1 rings (SSSR count). The second kappa shape index (κ2) is 8.09. The van der Waals surface area contributed by atoms with Crippen LogP contribution >= 0.6 is 0 Å². The fourth-order valence-electron chi connectivity index (χ4n) is 2.62. The zero-order valence-electron chi connectivity index (χ0n) is 12.3. The second-order valence-electron chi connectivity index (χ2n) is 5.51. The van der Waals surface area contributed by atoms with Gasteiger partial charge >= 0.3 is 12.0 Å². The second-order valence-corrected chi connectivity index (χ2v) is 5.51. The number of carbonyl (C=O) groups excluding carboxylic acids is 1. The summed E-state index contributed by atoms with van der Waals surface area (Å²) in [6.45, 7) is 4.40. The first-order valence-corrected chi connectivity index (χ1v) is 7.42. The van der Waals surface area contributed by atoms with Crippen LogP contribution in [0.1, 0.15) is 46.0 Å². The van der Waals surface area contributed by atoms with Crippen LogP contribution in [0.3, 0.4) is 0 Å². The van der Waals surface area contributed by atoms with Crippen LogP contribution in [-0.4, -0.2) is 52.3 Å². The van der Waals surface area contributed by atoms with Crippen LogP contribution < -0.4 is 5.32 Å². The zero-order chi connectivity index (χ0) is 15.1. The zero-order valence-corrected chi connectivity index (χ0v) is 12.3. The van der Waals surface area contributed by atoms with E-state index in [0.717, 1.165) is 19.3 Å². The molecule has 2 amide bonds. The van der Waals surface area contributed by atoms with Crippen molar-refractivity contribution in [1.29, 1.82) is 0 Å². The molecule has 0 spiro atoms. The SMILES string of the molecule is CC[C@H](C)[C@H](NC(=O)N1CCCCC1CCO)C(=O)O. The number of urea groups is 1. The number of aliphatic hydroxyl groups is 1. The van der Waals surface area contributed by atoms with Gasteiger partial charge in [0.25, 0.3) is 0 Å². The van der Waals surface area contributed by atoms with Gasteiger partial charge in [-0.1, -0.05) is 20.3 Å². The van der Waals surface area contributed by atoms with Crippen molar-refractivity contribution < 1.29 is 19.8 Å². The Morgan fingerprint density at radius 2 is 2.10 bits per heavy atom. The number of carbonyl (C=O) groups is 2. The molecule has 20 heavy (non-hydrogen) atoms. The first-order chi connectivity index (χ1) is 9.51. The van der Waals surface area contributed by atoms with E-state index in [-0.39, 0.29) is 24.6 Å². The summed E-state index contributed by atoms with van der Waals surface area (Å²) in [6, 6.07) is -1.17. The molecule has 0 radical (unpaired) electrons. The van der Waals surface area contributed by atoms with Crippen LogP contribution in [0.25, 0.3) is 0 Å². The molecule has 1 unspecified atom stereocenters. The number of nitrogens with zero attached hydrogens (tertiary/aromatic N) is 1. The first kappa shape index (κ1) is 16.8. The molecule has 3 N–H and O–H groups in total. The number of nitrogens with one attached hydrogen (secondary N) is 1. The Labute approximate surface area is 120 Å². The van der Waals surface area contributed by atoms with Gasteiger partial charge in [0.1, 0.15) is 6.04 Å². The van der Waals surface area contributed by atoms with Gasteiger partial charge in [-0.05, 0) is 31.6 Å². The molecule has 116 valence electrons. The molecule has 1 aliphatic heterocycles. The van der Waals surface area contributed by atoms with E-state index in [9.17, 15) is 14.7 Å². The van der Waals surface area contributed by atoms with Gasteiger partial charge in [0, 0.05) is 19.2 Å². The highest BCUT2D eigenvalue weighted by Crippen LogP contribution is 2.20. The molecule has 6 nitrogen and oxygen atoms in total. The van der Waals surface area contributed by atoms with Crippen LogP contribution in [0.5, 0.6) is 0 Å². The van der Waals surface area contributed by atoms with E-state index in [1.807, 2.05) is 13.8 Å². The van der Waals surface area contributed by atoms with Crippen molar-refractivity contribution in [3.05, 3.63) is 0 Å². The normalized spacial score (nSPS) is 22.1. The molecule has 0 aromatic rings. The van der Waals surface area contributed by atoms with Crippen LogP contribution in [0.15, 0.2) is 0 Å². The molecule has 1 heterocycles. The Balaban J connectivity index is 2.68. The number of likely N-dealkylation sites (tertiary alicyclic amines) is 1. The maximum Gasteiger partial charge on any atom is 0.326 e. The largest absolute Gasteiger partial charge is 0.480 e. The summed E-state index contributed by atoms with van der Waals surface area (Å²) in [7, 11) is 0. The Morgan fingerprint density at radius 3 is 2.65 bits per heavy atom.